The van der Waals surface area contributed by atoms with Gasteiger partial charge in [0.1, 0.15) is 26.2 Å². The monoisotopic (exact) mass is 364 g/mol. The van der Waals surface area contributed by atoms with Crippen molar-refractivity contribution in [3.63, 3.8) is 0 Å². The van der Waals surface area contributed by atoms with Crippen LogP contribution in [0.1, 0.15) is 22.3 Å². The average Bonchev–Trinajstić information content (AvgIpc) is 2.59. The SMILES string of the molecule is C=Cc1ccc(C[NH2+]CC[NH2+]Cc2ccc(C=C)cc2)cc1.[Cl-].[Cl-]. The zero-order valence-corrected chi connectivity index (χ0v) is 15.4. The largest absolute Gasteiger partial charge is 1.00 e. The fourth-order valence-electron chi connectivity index (χ4n) is 2.35. The number of hydrogen-bond acceptors (Lipinski definition) is 0. The highest BCUT2D eigenvalue weighted by Crippen LogP contribution is 2.04. The minimum absolute atomic E-state index is 0. The molecule has 0 saturated carbocycles. The van der Waals surface area contributed by atoms with Crippen molar-refractivity contribution in [1.29, 1.82) is 0 Å². The van der Waals surface area contributed by atoms with Crippen LogP contribution in [0.15, 0.2) is 61.7 Å². The predicted octanol–water partition coefficient (Wildman–Crippen LogP) is -4.19. The molecule has 0 atom stereocenters. The van der Waals surface area contributed by atoms with Crippen molar-refractivity contribution in [2.24, 2.45) is 0 Å². The Morgan fingerprint density at radius 3 is 1.25 bits per heavy atom. The van der Waals surface area contributed by atoms with Crippen LogP contribution in [0.25, 0.3) is 12.2 Å². The third-order valence-electron chi connectivity index (χ3n) is 3.77. The van der Waals surface area contributed by atoms with Gasteiger partial charge in [-0.05, 0) is 11.1 Å². The Hall–Kier alpha value is -1.58. The van der Waals surface area contributed by atoms with E-state index in [1.807, 2.05) is 12.2 Å². The fourth-order valence-corrected chi connectivity index (χ4v) is 2.35. The third-order valence-corrected chi connectivity index (χ3v) is 3.77. The molecular formula is C20H26Cl2N2. The number of halogens is 2. The van der Waals surface area contributed by atoms with Crippen LogP contribution >= 0.6 is 0 Å². The summed E-state index contributed by atoms with van der Waals surface area (Å²) in [6.45, 7) is 11.9. The predicted molar refractivity (Wildman–Crippen MR) is 94.1 cm³/mol. The van der Waals surface area contributed by atoms with Gasteiger partial charge in [0.2, 0.25) is 0 Å². The van der Waals surface area contributed by atoms with E-state index in [1.54, 1.807) is 0 Å². The molecule has 2 aromatic carbocycles. The summed E-state index contributed by atoms with van der Waals surface area (Å²) in [5.41, 5.74) is 5.09. The molecule has 0 aromatic heterocycles. The maximum absolute atomic E-state index is 3.77. The number of quaternary nitrogens is 2. The van der Waals surface area contributed by atoms with Crippen molar-refractivity contribution in [2.45, 2.75) is 13.1 Å². The molecule has 0 heterocycles. The lowest BCUT2D eigenvalue weighted by Gasteiger charge is -2.04. The quantitative estimate of drug-likeness (QED) is 0.423. The summed E-state index contributed by atoms with van der Waals surface area (Å²) < 4.78 is 0. The van der Waals surface area contributed by atoms with Gasteiger partial charge in [0.25, 0.3) is 0 Å². The molecule has 0 spiro atoms. The summed E-state index contributed by atoms with van der Waals surface area (Å²) in [4.78, 5) is 0. The molecule has 2 nitrogen and oxygen atoms in total. The second-order valence-corrected chi connectivity index (χ2v) is 5.45. The van der Waals surface area contributed by atoms with E-state index >= 15 is 0 Å². The number of rotatable bonds is 9. The summed E-state index contributed by atoms with van der Waals surface area (Å²) in [5, 5.41) is 4.72. The van der Waals surface area contributed by atoms with Crippen LogP contribution in [0, 0.1) is 0 Å². The average molecular weight is 365 g/mol. The van der Waals surface area contributed by atoms with Gasteiger partial charge in [-0.2, -0.15) is 0 Å². The molecule has 24 heavy (non-hydrogen) atoms. The highest BCUT2D eigenvalue weighted by atomic mass is 35.5. The van der Waals surface area contributed by atoms with Crippen molar-refractivity contribution in [1.82, 2.24) is 0 Å². The van der Waals surface area contributed by atoms with E-state index in [2.05, 4.69) is 72.3 Å². The maximum atomic E-state index is 3.77. The van der Waals surface area contributed by atoms with Crippen molar-refractivity contribution < 1.29 is 35.4 Å². The van der Waals surface area contributed by atoms with Gasteiger partial charge in [-0.15, -0.1) is 0 Å². The molecule has 2 rings (SSSR count). The van der Waals surface area contributed by atoms with Crippen LogP contribution in [-0.4, -0.2) is 13.1 Å². The third kappa shape index (κ3) is 7.80. The molecule has 0 aliphatic heterocycles. The Morgan fingerprint density at radius 1 is 0.625 bits per heavy atom. The Balaban J connectivity index is 0.00000264. The highest BCUT2D eigenvalue weighted by molar-refractivity contribution is 5.47. The minimum atomic E-state index is 0. The standard InChI is InChI=1S/C20H24N2.2ClH/c1-3-17-5-9-19(10-6-17)15-21-13-14-22-16-20-11-7-18(4-2)8-12-20;;/h3-12,21-22H,1-2,13-16H2;2*1H. The zero-order chi connectivity index (χ0) is 15.6. The molecule has 4 heteroatoms. The Bertz CT molecular complexity index is 537. The summed E-state index contributed by atoms with van der Waals surface area (Å²) in [5.74, 6) is 0. The van der Waals surface area contributed by atoms with Crippen molar-refractivity contribution >= 4 is 12.2 Å². The van der Waals surface area contributed by atoms with Gasteiger partial charge in [0.15, 0.2) is 0 Å². The van der Waals surface area contributed by atoms with Crippen LogP contribution in [-0.2, 0) is 13.1 Å². The molecule has 0 bridgehead atoms. The summed E-state index contributed by atoms with van der Waals surface area (Å²) in [6.07, 6.45) is 3.76. The lowest BCUT2D eigenvalue weighted by Crippen LogP contribution is -3.00. The van der Waals surface area contributed by atoms with E-state index in [0.29, 0.717) is 0 Å². The van der Waals surface area contributed by atoms with Crippen LogP contribution in [0.3, 0.4) is 0 Å². The van der Waals surface area contributed by atoms with Gasteiger partial charge in [-0.1, -0.05) is 73.8 Å². The van der Waals surface area contributed by atoms with Gasteiger partial charge < -0.3 is 35.4 Å². The van der Waals surface area contributed by atoms with Crippen molar-refractivity contribution in [3.05, 3.63) is 83.9 Å². The molecule has 0 radical (unpaired) electrons. The number of benzene rings is 2. The van der Waals surface area contributed by atoms with Gasteiger partial charge in [-0.25, -0.2) is 0 Å². The molecular weight excluding hydrogens is 339 g/mol. The maximum Gasteiger partial charge on any atom is 0.125 e. The molecule has 0 aliphatic rings. The van der Waals surface area contributed by atoms with Gasteiger partial charge in [0, 0.05) is 11.1 Å². The first kappa shape index (κ1) is 22.4. The Kier molecular flexibility index (Phi) is 12.0. The molecule has 0 unspecified atom stereocenters. The highest BCUT2D eigenvalue weighted by Gasteiger charge is 1.98. The van der Waals surface area contributed by atoms with E-state index in [0.717, 1.165) is 26.2 Å². The van der Waals surface area contributed by atoms with E-state index in [9.17, 15) is 0 Å². The minimum Gasteiger partial charge on any atom is -1.00 e. The summed E-state index contributed by atoms with van der Waals surface area (Å²) in [6, 6.07) is 17.2. The van der Waals surface area contributed by atoms with Crippen molar-refractivity contribution in [3.8, 4) is 0 Å². The first-order valence-corrected chi connectivity index (χ1v) is 7.88. The molecule has 2 aromatic rings. The second kappa shape index (κ2) is 12.8. The fraction of sp³-hybridized carbons (Fsp3) is 0.200. The normalized spacial score (nSPS) is 9.50. The van der Waals surface area contributed by atoms with Crippen LogP contribution < -0.4 is 35.4 Å². The molecule has 4 N–H and O–H groups in total. The Labute approximate surface area is 157 Å². The topological polar surface area (TPSA) is 33.2 Å². The van der Waals surface area contributed by atoms with E-state index in [-0.39, 0.29) is 24.8 Å². The first-order valence-electron chi connectivity index (χ1n) is 7.88. The van der Waals surface area contributed by atoms with E-state index in [4.69, 9.17) is 0 Å². The number of nitrogens with two attached hydrogens (primary N) is 2. The van der Waals surface area contributed by atoms with Crippen LogP contribution in [0.2, 0.25) is 0 Å². The van der Waals surface area contributed by atoms with Crippen LogP contribution in [0.5, 0.6) is 0 Å². The second-order valence-electron chi connectivity index (χ2n) is 5.45. The van der Waals surface area contributed by atoms with Crippen LogP contribution in [0.4, 0.5) is 0 Å². The molecule has 0 aliphatic carbocycles. The molecule has 0 saturated heterocycles. The van der Waals surface area contributed by atoms with Gasteiger partial charge in [-0.3, -0.25) is 0 Å². The molecule has 0 fully saturated rings. The lowest BCUT2D eigenvalue weighted by atomic mass is 10.1. The zero-order valence-electron chi connectivity index (χ0n) is 13.9. The van der Waals surface area contributed by atoms with Gasteiger partial charge >= 0.3 is 0 Å². The smallest absolute Gasteiger partial charge is 0.125 e. The van der Waals surface area contributed by atoms with Gasteiger partial charge in [0.05, 0.1) is 0 Å². The first-order chi connectivity index (χ1) is 10.8. The lowest BCUT2D eigenvalue weighted by molar-refractivity contribution is -0.738. The van der Waals surface area contributed by atoms with Crippen molar-refractivity contribution in [2.75, 3.05) is 13.1 Å². The summed E-state index contributed by atoms with van der Waals surface area (Å²) in [7, 11) is 0. The number of hydrogen-bond donors (Lipinski definition) is 2. The Morgan fingerprint density at radius 2 is 0.958 bits per heavy atom. The van der Waals surface area contributed by atoms with E-state index in [1.165, 1.54) is 22.3 Å². The molecule has 0 amide bonds. The summed E-state index contributed by atoms with van der Waals surface area (Å²) >= 11 is 0. The molecule has 130 valence electrons. The van der Waals surface area contributed by atoms with E-state index < -0.39 is 0 Å².